The summed E-state index contributed by atoms with van der Waals surface area (Å²) in [7, 11) is 0. The van der Waals surface area contributed by atoms with Crippen molar-refractivity contribution < 1.29 is 4.42 Å². The number of pyridine rings is 1. The summed E-state index contributed by atoms with van der Waals surface area (Å²) >= 11 is 11.9. The second-order valence-electron chi connectivity index (χ2n) is 8.03. The van der Waals surface area contributed by atoms with E-state index >= 15 is 0 Å². The van der Waals surface area contributed by atoms with Crippen LogP contribution in [-0.4, -0.2) is 21.0 Å². The van der Waals surface area contributed by atoms with Crippen molar-refractivity contribution in [1.29, 1.82) is 0 Å². The molecule has 2 atom stereocenters. The van der Waals surface area contributed by atoms with Crippen LogP contribution >= 0.6 is 23.8 Å². The Morgan fingerprint density at radius 2 is 1.80 bits per heavy atom. The Balaban J connectivity index is 1.53. The molecule has 3 aromatic rings. The van der Waals surface area contributed by atoms with Crippen LogP contribution in [0.15, 0.2) is 65.2 Å². The zero-order chi connectivity index (χ0) is 20.5. The second kappa shape index (κ2) is 8.40. The quantitative estimate of drug-likeness (QED) is 0.485. The van der Waals surface area contributed by atoms with Crippen LogP contribution in [0.4, 0.5) is 0 Å². The number of nitrogens with one attached hydrogen (secondary N) is 1. The average Bonchev–Trinajstić information content (AvgIpc) is 3.40. The molecule has 1 aliphatic heterocycles. The summed E-state index contributed by atoms with van der Waals surface area (Å²) in [6.07, 6.45) is 7.97. The van der Waals surface area contributed by atoms with Crippen LogP contribution in [0.2, 0.25) is 5.02 Å². The smallest absolute Gasteiger partial charge is 0.170 e. The zero-order valence-electron chi connectivity index (χ0n) is 16.6. The summed E-state index contributed by atoms with van der Waals surface area (Å²) < 4.78 is 6.40. The monoisotopic (exact) mass is 437 g/mol. The number of rotatable bonds is 4. The van der Waals surface area contributed by atoms with Crippen molar-refractivity contribution in [2.24, 2.45) is 0 Å². The molecule has 30 heavy (non-hydrogen) atoms. The first-order valence-corrected chi connectivity index (χ1v) is 11.3. The van der Waals surface area contributed by atoms with Crippen molar-refractivity contribution in [3.63, 3.8) is 0 Å². The number of furan rings is 1. The normalized spacial score (nSPS) is 22.3. The van der Waals surface area contributed by atoms with Crippen molar-refractivity contribution in [3.8, 4) is 11.3 Å². The summed E-state index contributed by atoms with van der Waals surface area (Å²) in [4.78, 5) is 6.99. The van der Waals surface area contributed by atoms with E-state index in [2.05, 4.69) is 27.3 Å². The number of nitrogens with zero attached hydrogens (tertiary/aromatic N) is 2. The Bertz CT molecular complexity index is 1010. The molecule has 154 valence electrons. The van der Waals surface area contributed by atoms with Gasteiger partial charge in [-0.2, -0.15) is 0 Å². The second-order valence-corrected chi connectivity index (χ2v) is 8.86. The molecule has 4 nitrogen and oxygen atoms in total. The third-order valence-corrected chi connectivity index (χ3v) is 6.73. The van der Waals surface area contributed by atoms with Gasteiger partial charge in [0.25, 0.3) is 0 Å². The Morgan fingerprint density at radius 3 is 2.53 bits per heavy atom. The van der Waals surface area contributed by atoms with Gasteiger partial charge >= 0.3 is 0 Å². The van der Waals surface area contributed by atoms with E-state index < -0.39 is 0 Å². The van der Waals surface area contributed by atoms with Crippen molar-refractivity contribution in [1.82, 2.24) is 15.2 Å². The minimum atomic E-state index is -0.0372. The Kier molecular flexibility index (Phi) is 5.48. The Morgan fingerprint density at radius 1 is 1.00 bits per heavy atom. The van der Waals surface area contributed by atoms with Crippen LogP contribution in [0, 0.1) is 0 Å². The van der Waals surface area contributed by atoms with Crippen molar-refractivity contribution in [2.45, 2.75) is 50.2 Å². The SMILES string of the molecule is S=C1NC(c2ccccn2)C(c2ccc(-c3ccc(Cl)cc3)o2)N1C1CCCCC1. The Hall–Kier alpha value is -2.37. The summed E-state index contributed by atoms with van der Waals surface area (Å²) in [5.74, 6) is 1.75. The van der Waals surface area contributed by atoms with Crippen molar-refractivity contribution in [2.75, 3.05) is 0 Å². The number of hydrogen-bond acceptors (Lipinski definition) is 3. The topological polar surface area (TPSA) is 41.3 Å². The van der Waals surface area contributed by atoms with E-state index in [1.54, 1.807) is 0 Å². The van der Waals surface area contributed by atoms with Gasteiger partial charge in [-0.1, -0.05) is 36.9 Å². The lowest BCUT2D eigenvalue weighted by Crippen LogP contribution is -2.40. The minimum absolute atomic E-state index is 0.0171. The molecule has 2 aromatic heterocycles. The number of hydrogen-bond donors (Lipinski definition) is 1. The minimum Gasteiger partial charge on any atom is -0.459 e. The van der Waals surface area contributed by atoms with Gasteiger partial charge in [-0.15, -0.1) is 0 Å². The number of aromatic nitrogens is 1. The molecule has 0 amide bonds. The van der Waals surface area contributed by atoms with Gasteiger partial charge in [-0.25, -0.2) is 0 Å². The molecule has 2 fully saturated rings. The van der Waals surface area contributed by atoms with E-state index in [4.69, 9.17) is 28.2 Å². The highest BCUT2D eigenvalue weighted by Crippen LogP contribution is 2.43. The fraction of sp³-hybridized carbons (Fsp3) is 0.333. The zero-order valence-corrected chi connectivity index (χ0v) is 18.2. The third kappa shape index (κ3) is 3.72. The molecule has 5 rings (SSSR count). The average molecular weight is 438 g/mol. The molecule has 2 unspecified atom stereocenters. The molecule has 1 aromatic carbocycles. The molecule has 1 saturated heterocycles. The molecule has 1 N–H and O–H groups in total. The van der Waals surface area contributed by atoms with Crippen LogP contribution in [0.25, 0.3) is 11.3 Å². The van der Waals surface area contributed by atoms with E-state index in [1.807, 2.05) is 48.7 Å². The lowest BCUT2D eigenvalue weighted by Gasteiger charge is -2.36. The van der Waals surface area contributed by atoms with Gasteiger partial charge in [0.05, 0.1) is 11.7 Å². The van der Waals surface area contributed by atoms with Crippen LogP contribution in [0.5, 0.6) is 0 Å². The fourth-order valence-corrected chi connectivity index (χ4v) is 5.22. The third-order valence-electron chi connectivity index (χ3n) is 6.15. The van der Waals surface area contributed by atoms with Gasteiger partial charge in [0, 0.05) is 22.8 Å². The number of benzene rings is 1. The van der Waals surface area contributed by atoms with Crippen LogP contribution in [0.3, 0.4) is 0 Å². The highest BCUT2D eigenvalue weighted by atomic mass is 35.5. The van der Waals surface area contributed by atoms with Gasteiger partial charge in [-0.3, -0.25) is 4.98 Å². The van der Waals surface area contributed by atoms with Gasteiger partial charge < -0.3 is 14.6 Å². The maximum atomic E-state index is 6.40. The summed E-state index contributed by atoms with van der Waals surface area (Å²) in [6, 6.07) is 18.3. The van der Waals surface area contributed by atoms with Crippen LogP contribution in [-0.2, 0) is 0 Å². The van der Waals surface area contributed by atoms with Gasteiger partial charge in [0.15, 0.2) is 5.11 Å². The molecule has 6 heteroatoms. The van der Waals surface area contributed by atoms with Crippen molar-refractivity contribution in [3.05, 3.63) is 77.3 Å². The van der Waals surface area contributed by atoms with E-state index in [9.17, 15) is 0 Å². The van der Waals surface area contributed by atoms with Gasteiger partial charge in [0.2, 0.25) is 0 Å². The van der Waals surface area contributed by atoms with E-state index in [0.717, 1.165) is 45.8 Å². The van der Waals surface area contributed by atoms with E-state index in [1.165, 1.54) is 19.3 Å². The first kappa shape index (κ1) is 19.6. The lowest BCUT2D eigenvalue weighted by atomic mass is 9.92. The van der Waals surface area contributed by atoms with Crippen LogP contribution < -0.4 is 5.32 Å². The standard InChI is InChI=1S/C24H24ClN3OS/c25-17-11-9-16(10-12-17)20-13-14-21(29-20)23-22(19-8-4-5-15-26-19)27-24(30)28(23)18-6-2-1-3-7-18/h4-5,8-15,18,22-23H,1-3,6-7H2,(H,27,30). The molecule has 3 heterocycles. The first-order valence-electron chi connectivity index (χ1n) is 10.6. The fourth-order valence-electron chi connectivity index (χ4n) is 4.70. The molecule has 0 radical (unpaired) electrons. The molecule has 0 spiro atoms. The molecule has 1 saturated carbocycles. The predicted octanol–water partition coefficient (Wildman–Crippen LogP) is 6.30. The molecule has 0 bridgehead atoms. The maximum Gasteiger partial charge on any atom is 0.170 e. The highest BCUT2D eigenvalue weighted by Gasteiger charge is 2.44. The van der Waals surface area contributed by atoms with Gasteiger partial charge in [0.1, 0.15) is 17.6 Å². The van der Waals surface area contributed by atoms with E-state index in [-0.39, 0.29) is 12.1 Å². The van der Waals surface area contributed by atoms with E-state index in [0.29, 0.717) is 6.04 Å². The maximum absolute atomic E-state index is 6.40. The molecular weight excluding hydrogens is 414 g/mol. The number of thiocarbonyl (C=S) groups is 1. The Labute approximate surface area is 187 Å². The largest absolute Gasteiger partial charge is 0.459 e. The van der Waals surface area contributed by atoms with Gasteiger partial charge in [-0.05, 0) is 73.6 Å². The lowest BCUT2D eigenvalue weighted by molar-refractivity contribution is 0.179. The van der Waals surface area contributed by atoms with Crippen LogP contribution in [0.1, 0.15) is 55.6 Å². The predicted molar refractivity (Wildman–Crippen MR) is 123 cm³/mol. The summed E-state index contributed by atoms with van der Waals surface area (Å²) in [6.45, 7) is 0. The number of halogens is 1. The van der Waals surface area contributed by atoms with Crippen molar-refractivity contribution >= 4 is 28.9 Å². The summed E-state index contributed by atoms with van der Waals surface area (Å²) in [5.41, 5.74) is 1.99. The highest BCUT2D eigenvalue weighted by molar-refractivity contribution is 7.80. The molecular formula is C24H24ClN3OS. The molecule has 2 aliphatic rings. The first-order chi connectivity index (χ1) is 14.7. The molecule has 1 aliphatic carbocycles. The summed E-state index contributed by atoms with van der Waals surface area (Å²) in [5, 5.41) is 5.06.